The van der Waals surface area contributed by atoms with Crippen molar-refractivity contribution in [3.8, 4) is 5.69 Å². The summed E-state index contributed by atoms with van der Waals surface area (Å²) in [4.78, 5) is 8.63. The highest BCUT2D eigenvalue weighted by Gasteiger charge is 2.09. The lowest BCUT2D eigenvalue weighted by Crippen LogP contribution is -2.10. The molecule has 0 aliphatic rings. The fourth-order valence-corrected chi connectivity index (χ4v) is 2.59. The highest BCUT2D eigenvalue weighted by atomic mass is 15.3. The molecule has 2 heterocycles. The standard InChI is InChI=1S/C18H21N5/c1-12-9-10-19-18(20-12)21-15(4)16-5-7-17(8-6-16)23-14(3)11-13(2)22-23/h5-11,15H,1-4H3,(H,19,20,21). The molecule has 1 atom stereocenters. The van der Waals surface area contributed by atoms with Gasteiger partial charge in [0.2, 0.25) is 5.95 Å². The van der Waals surface area contributed by atoms with Crippen molar-refractivity contribution in [3.63, 3.8) is 0 Å². The van der Waals surface area contributed by atoms with Crippen LogP contribution in [0.15, 0.2) is 42.6 Å². The molecule has 1 unspecified atom stereocenters. The van der Waals surface area contributed by atoms with Crippen molar-refractivity contribution in [3.05, 3.63) is 65.2 Å². The zero-order valence-electron chi connectivity index (χ0n) is 13.9. The molecule has 5 heteroatoms. The lowest BCUT2D eigenvalue weighted by molar-refractivity contribution is 0.825. The van der Waals surface area contributed by atoms with Crippen LogP contribution in [-0.2, 0) is 0 Å². The van der Waals surface area contributed by atoms with E-state index in [4.69, 9.17) is 0 Å². The molecule has 0 aliphatic carbocycles. The van der Waals surface area contributed by atoms with Crippen LogP contribution in [0, 0.1) is 20.8 Å². The summed E-state index contributed by atoms with van der Waals surface area (Å²) in [5.41, 5.74) is 5.36. The van der Waals surface area contributed by atoms with Crippen molar-refractivity contribution in [2.24, 2.45) is 0 Å². The lowest BCUT2D eigenvalue weighted by Gasteiger charge is -2.15. The zero-order chi connectivity index (χ0) is 16.4. The third-order valence-corrected chi connectivity index (χ3v) is 3.79. The number of hydrogen-bond acceptors (Lipinski definition) is 4. The molecule has 0 spiro atoms. The Kier molecular flexibility index (Phi) is 4.10. The van der Waals surface area contributed by atoms with Gasteiger partial charge in [-0.3, -0.25) is 0 Å². The van der Waals surface area contributed by atoms with E-state index in [1.165, 1.54) is 5.56 Å². The quantitative estimate of drug-likeness (QED) is 0.797. The Morgan fingerprint density at radius 1 is 1.00 bits per heavy atom. The van der Waals surface area contributed by atoms with Crippen molar-refractivity contribution >= 4 is 5.95 Å². The topological polar surface area (TPSA) is 55.6 Å². The summed E-state index contributed by atoms with van der Waals surface area (Å²) in [6.45, 7) is 8.13. The molecule has 0 saturated carbocycles. The van der Waals surface area contributed by atoms with Crippen LogP contribution in [0.25, 0.3) is 5.69 Å². The first-order valence-corrected chi connectivity index (χ1v) is 7.73. The van der Waals surface area contributed by atoms with Gasteiger partial charge in [0.25, 0.3) is 0 Å². The Labute approximate surface area is 136 Å². The second-order valence-electron chi connectivity index (χ2n) is 5.82. The summed E-state index contributed by atoms with van der Waals surface area (Å²) in [5.74, 6) is 0.653. The van der Waals surface area contributed by atoms with Gasteiger partial charge in [-0.25, -0.2) is 14.6 Å². The maximum atomic E-state index is 4.51. The summed E-state index contributed by atoms with van der Waals surface area (Å²) < 4.78 is 1.96. The molecule has 1 aromatic carbocycles. The van der Waals surface area contributed by atoms with E-state index < -0.39 is 0 Å². The number of hydrogen-bond donors (Lipinski definition) is 1. The summed E-state index contributed by atoms with van der Waals surface area (Å²) in [6, 6.07) is 12.5. The van der Waals surface area contributed by atoms with Gasteiger partial charge in [0.15, 0.2) is 0 Å². The first-order valence-electron chi connectivity index (χ1n) is 7.73. The molecule has 3 aromatic rings. The molecular weight excluding hydrogens is 286 g/mol. The third-order valence-electron chi connectivity index (χ3n) is 3.79. The lowest BCUT2D eigenvalue weighted by atomic mass is 10.1. The van der Waals surface area contributed by atoms with E-state index in [1.54, 1.807) is 6.20 Å². The van der Waals surface area contributed by atoms with Crippen molar-refractivity contribution in [2.45, 2.75) is 33.7 Å². The largest absolute Gasteiger partial charge is 0.348 e. The van der Waals surface area contributed by atoms with Crippen molar-refractivity contribution in [2.75, 3.05) is 5.32 Å². The molecule has 0 fully saturated rings. The molecule has 0 saturated heterocycles. The normalized spacial score (nSPS) is 12.2. The Morgan fingerprint density at radius 2 is 1.74 bits per heavy atom. The Morgan fingerprint density at radius 3 is 2.35 bits per heavy atom. The van der Waals surface area contributed by atoms with Crippen LogP contribution >= 0.6 is 0 Å². The van der Waals surface area contributed by atoms with Gasteiger partial charge in [-0.15, -0.1) is 0 Å². The first-order chi connectivity index (χ1) is 11.0. The van der Waals surface area contributed by atoms with Crippen LogP contribution in [0.2, 0.25) is 0 Å². The molecule has 0 aliphatic heterocycles. The molecule has 5 nitrogen and oxygen atoms in total. The summed E-state index contributed by atoms with van der Waals surface area (Å²) >= 11 is 0. The first kappa shape index (κ1) is 15.2. The van der Waals surface area contributed by atoms with E-state index in [1.807, 2.05) is 24.6 Å². The van der Waals surface area contributed by atoms with Gasteiger partial charge in [-0.1, -0.05) is 12.1 Å². The van der Waals surface area contributed by atoms with Crippen molar-refractivity contribution < 1.29 is 0 Å². The van der Waals surface area contributed by atoms with E-state index in [9.17, 15) is 0 Å². The Balaban J connectivity index is 1.77. The fourth-order valence-electron chi connectivity index (χ4n) is 2.59. The average Bonchev–Trinajstić information content (AvgIpc) is 2.86. The molecule has 0 amide bonds. The van der Waals surface area contributed by atoms with Crippen LogP contribution in [-0.4, -0.2) is 19.7 Å². The molecule has 118 valence electrons. The maximum absolute atomic E-state index is 4.51. The summed E-state index contributed by atoms with van der Waals surface area (Å²) in [7, 11) is 0. The van der Waals surface area contributed by atoms with Gasteiger partial charge in [0, 0.05) is 17.6 Å². The number of rotatable bonds is 4. The van der Waals surface area contributed by atoms with Crippen molar-refractivity contribution in [1.29, 1.82) is 0 Å². The van der Waals surface area contributed by atoms with Gasteiger partial charge in [-0.2, -0.15) is 5.10 Å². The van der Waals surface area contributed by atoms with Crippen LogP contribution in [0.1, 0.15) is 35.6 Å². The van der Waals surface area contributed by atoms with Crippen LogP contribution in [0.5, 0.6) is 0 Å². The molecule has 2 aromatic heterocycles. The second-order valence-corrected chi connectivity index (χ2v) is 5.82. The monoisotopic (exact) mass is 307 g/mol. The van der Waals surface area contributed by atoms with Crippen LogP contribution < -0.4 is 5.32 Å². The third kappa shape index (κ3) is 3.39. The van der Waals surface area contributed by atoms with Crippen LogP contribution in [0.4, 0.5) is 5.95 Å². The number of aromatic nitrogens is 4. The van der Waals surface area contributed by atoms with E-state index >= 15 is 0 Å². The number of anilines is 1. The van der Waals surface area contributed by atoms with Gasteiger partial charge in [0.1, 0.15) is 0 Å². The number of aryl methyl sites for hydroxylation is 3. The van der Waals surface area contributed by atoms with Gasteiger partial charge in [0.05, 0.1) is 17.4 Å². The predicted molar refractivity (Wildman–Crippen MR) is 91.8 cm³/mol. The molecule has 0 radical (unpaired) electrons. The molecule has 1 N–H and O–H groups in total. The average molecular weight is 307 g/mol. The zero-order valence-corrected chi connectivity index (χ0v) is 13.9. The number of nitrogens with one attached hydrogen (secondary N) is 1. The number of nitrogens with zero attached hydrogens (tertiary/aromatic N) is 4. The van der Waals surface area contributed by atoms with Gasteiger partial charge >= 0.3 is 0 Å². The highest BCUT2D eigenvalue weighted by molar-refractivity contribution is 5.39. The minimum Gasteiger partial charge on any atom is -0.348 e. The Bertz CT molecular complexity index is 805. The minimum absolute atomic E-state index is 0.131. The molecule has 23 heavy (non-hydrogen) atoms. The van der Waals surface area contributed by atoms with Gasteiger partial charge < -0.3 is 5.32 Å². The SMILES string of the molecule is Cc1ccnc(NC(C)c2ccc(-n3nc(C)cc3C)cc2)n1. The Hall–Kier alpha value is -2.69. The highest BCUT2D eigenvalue weighted by Crippen LogP contribution is 2.19. The molecular formula is C18H21N5. The minimum atomic E-state index is 0.131. The summed E-state index contributed by atoms with van der Waals surface area (Å²) in [5, 5.41) is 7.84. The van der Waals surface area contributed by atoms with Crippen LogP contribution in [0.3, 0.4) is 0 Å². The van der Waals surface area contributed by atoms with E-state index in [0.29, 0.717) is 5.95 Å². The smallest absolute Gasteiger partial charge is 0.223 e. The molecule has 0 bridgehead atoms. The second kappa shape index (κ2) is 6.20. The van der Waals surface area contributed by atoms with E-state index in [2.05, 4.69) is 64.6 Å². The van der Waals surface area contributed by atoms with Crippen molar-refractivity contribution in [1.82, 2.24) is 19.7 Å². The summed E-state index contributed by atoms with van der Waals surface area (Å²) in [6.07, 6.45) is 1.77. The number of benzene rings is 1. The van der Waals surface area contributed by atoms with E-state index in [-0.39, 0.29) is 6.04 Å². The fraction of sp³-hybridized carbons (Fsp3) is 0.278. The van der Waals surface area contributed by atoms with Gasteiger partial charge in [-0.05, 0) is 57.5 Å². The predicted octanol–water partition coefficient (Wildman–Crippen LogP) is 3.76. The molecule has 3 rings (SSSR count). The maximum Gasteiger partial charge on any atom is 0.223 e. The van der Waals surface area contributed by atoms with E-state index in [0.717, 1.165) is 22.8 Å².